The summed E-state index contributed by atoms with van der Waals surface area (Å²) in [5.41, 5.74) is 4.54. The summed E-state index contributed by atoms with van der Waals surface area (Å²) in [5.74, 6) is 0.358. The summed E-state index contributed by atoms with van der Waals surface area (Å²) < 4.78 is 0. The monoisotopic (exact) mass is 484 g/mol. The van der Waals surface area contributed by atoms with Gasteiger partial charge in [0.2, 0.25) is 17.8 Å². The molecule has 0 spiro atoms. The second-order valence-corrected chi connectivity index (χ2v) is 9.24. The fourth-order valence-corrected chi connectivity index (χ4v) is 4.72. The third-order valence-corrected chi connectivity index (χ3v) is 6.98. The molecular formula is C27H28N6O3. The van der Waals surface area contributed by atoms with Crippen molar-refractivity contribution in [1.82, 2.24) is 19.8 Å². The summed E-state index contributed by atoms with van der Waals surface area (Å²) in [6, 6.07) is 15.0. The zero-order chi connectivity index (χ0) is 25.4. The predicted molar refractivity (Wildman–Crippen MR) is 137 cm³/mol. The fourth-order valence-electron chi connectivity index (χ4n) is 4.72. The van der Waals surface area contributed by atoms with E-state index in [1.54, 1.807) is 54.0 Å². The highest BCUT2D eigenvalue weighted by molar-refractivity contribution is 6.01. The van der Waals surface area contributed by atoms with Crippen LogP contribution in [0.5, 0.6) is 0 Å². The number of anilines is 3. The van der Waals surface area contributed by atoms with E-state index < -0.39 is 0 Å². The predicted octanol–water partition coefficient (Wildman–Crippen LogP) is 3.10. The number of para-hydroxylation sites is 1. The van der Waals surface area contributed by atoms with Crippen LogP contribution in [0.2, 0.25) is 0 Å². The summed E-state index contributed by atoms with van der Waals surface area (Å²) in [5, 5.41) is 3.21. The van der Waals surface area contributed by atoms with E-state index in [0.717, 1.165) is 34.6 Å². The number of likely N-dealkylation sites (tertiary alicyclic amines) is 1. The second kappa shape index (κ2) is 9.41. The first-order valence-electron chi connectivity index (χ1n) is 11.9. The third-order valence-electron chi connectivity index (χ3n) is 6.98. The largest absolute Gasteiger partial charge is 0.341 e. The van der Waals surface area contributed by atoms with E-state index in [9.17, 15) is 14.4 Å². The normalized spacial score (nSPS) is 16.8. The van der Waals surface area contributed by atoms with Gasteiger partial charge in [0, 0.05) is 62.7 Å². The molecule has 9 nitrogen and oxygen atoms in total. The van der Waals surface area contributed by atoms with Gasteiger partial charge in [-0.1, -0.05) is 18.2 Å². The highest BCUT2D eigenvalue weighted by atomic mass is 16.2. The van der Waals surface area contributed by atoms with Crippen molar-refractivity contribution in [3.05, 3.63) is 65.9 Å². The first kappa shape index (κ1) is 23.5. The Hall–Kier alpha value is -4.27. The Morgan fingerprint density at radius 1 is 1.11 bits per heavy atom. The average molecular weight is 485 g/mol. The molecule has 3 amide bonds. The van der Waals surface area contributed by atoms with Crippen LogP contribution in [0.1, 0.15) is 29.3 Å². The van der Waals surface area contributed by atoms with Crippen molar-refractivity contribution in [3.8, 4) is 11.3 Å². The Bertz CT molecular complexity index is 1340. The van der Waals surface area contributed by atoms with Gasteiger partial charge in [0.15, 0.2) is 0 Å². The number of benzene rings is 2. The van der Waals surface area contributed by atoms with Crippen molar-refractivity contribution in [2.24, 2.45) is 0 Å². The molecule has 0 radical (unpaired) electrons. The van der Waals surface area contributed by atoms with Crippen molar-refractivity contribution >= 4 is 35.0 Å². The van der Waals surface area contributed by atoms with Crippen LogP contribution in [0.3, 0.4) is 0 Å². The average Bonchev–Trinajstić information content (AvgIpc) is 3.35. The Morgan fingerprint density at radius 3 is 2.61 bits per heavy atom. The van der Waals surface area contributed by atoms with E-state index >= 15 is 0 Å². The number of fused-ring (bicyclic) bond motifs is 3. The molecule has 0 saturated carbocycles. The van der Waals surface area contributed by atoms with E-state index in [4.69, 9.17) is 4.98 Å². The summed E-state index contributed by atoms with van der Waals surface area (Å²) >= 11 is 0. The number of amides is 3. The van der Waals surface area contributed by atoms with Gasteiger partial charge in [0.1, 0.15) is 0 Å². The van der Waals surface area contributed by atoms with Crippen LogP contribution >= 0.6 is 0 Å². The Balaban J connectivity index is 1.32. The van der Waals surface area contributed by atoms with Crippen LogP contribution in [0, 0.1) is 0 Å². The number of nitrogens with zero attached hydrogens (tertiary/aromatic N) is 5. The zero-order valence-electron chi connectivity index (χ0n) is 20.6. The van der Waals surface area contributed by atoms with E-state index in [1.165, 1.54) is 0 Å². The maximum Gasteiger partial charge on any atom is 0.253 e. The molecule has 3 heterocycles. The van der Waals surface area contributed by atoms with Gasteiger partial charge in [-0.15, -0.1) is 0 Å². The van der Waals surface area contributed by atoms with E-state index in [2.05, 4.69) is 10.3 Å². The van der Waals surface area contributed by atoms with Gasteiger partial charge in [-0.3, -0.25) is 14.4 Å². The zero-order valence-corrected chi connectivity index (χ0v) is 20.6. The van der Waals surface area contributed by atoms with Crippen LogP contribution in [0.25, 0.3) is 11.3 Å². The minimum absolute atomic E-state index is 0.00635. The lowest BCUT2D eigenvalue weighted by molar-refractivity contribution is -0.129. The molecule has 1 saturated heterocycles. The molecule has 3 aromatic rings. The first-order valence-corrected chi connectivity index (χ1v) is 11.9. The van der Waals surface area contributed by atoms with Crippen molar-refractivity contribution in [3.63, 3.8) is 0 Å². The fraction of sp³-hybridized carbons (Fsp3) is 0.296. The highest BCUT2D eigenvalue weighted by Gasteiger charge is 2.30. The maximum absolute atomic E-state index is 13.0. The summed E-state index contributed by atoms with van der Waals surface area (Å²) in [6.07, 6.45) is 2.71. The van der Waals surface area contributed by atoms with Crippen molar-refractivity contribution in [2.45, 2.75) is 25.8 Å². The summed E-state index contributed by atoms with van der Waals surface area (Å²) in [7, 11) is 3.55. The minimum Gasteiger partial charge on any atom is -0.341 e. The van der Waals surface area contributed by atoms with E-state index in [0.29, 0.717) is 24.6 Å². The van der Waals surface area contributed by atoms with Gasteiger partial charge in [-0.25, -0.2) is 9.97 Å². The molecule has 5 rings (SSSR count). The molecule has 1 aromatic heterocycles. The molecule has 1 fully saturated rings. The standard InChI is InChI=1S/C27H28N6O3/c1-17(34)31(2)21-12-13-33(16-21)26(36)18-8-10-20(11-9-18)29-27-28-15-19-14-24(35)32(3)23-7-5-4-6-22(23)25(19)30-27/h4-11,15,21H,12-14,16H2,1-3H3,(H,28,29,30). The van der Waals surface area contributed by atoms with Gasteiger partial charge in [-0.05, 0) is 36.8 Å². The number of carbonyl (C=O) groups is 3. The lowest BCUT2D eigenvalue weighted by atomic mass is 10.1. The molecular weight excluding hydrogens is 456 g/mol. The van der Waals surface area contributed by atoms with Crippen LogP contribution in [0.4, 0.5) is 17.3 Å². The molecule has 1 unspecified atom stereocenters. The van der Waals surface area contributed by atoms with Crippen molar-refractivity contribution < 1.29 is 14.4 Å². The third kappa shape index (κ3) is 4.39. The Labute approximate surface area is 209 Å². The smallest absolute Gasteiger partial charge is 0.253 e. The minimum atomic E-state index is -0.0484. The number of hydrogen-bond donors (Lipinski definition) is 1. The summed E-state index contributed by atoms with van der Waals surface area (Å²) in [4.78, 5) is 51.5. The van der Waals surface area contributed by atoms with Gasteiger partial charge in [0.05, 0.1) is 23.8 Å². The lowest BCUT2D eigenvalue weighted by Gasteiger charge is -2.23. The van der Waals surface area contributed by atoms with E-state index in [1.807, 2.05) is 36.4 Å². The molecule has 1 N–H and O–H groups in total. The Morgan fingerprint density at radius 2 is 1.86 bits per heavy atom. The quantitative estimate of drug-likeness (QED) is 0.611. The molecule has 9 heteroatoms. The van der Waals surface area contributed by atoms with Gasteiger partial charge >= 0.3 is 0 Å². The first-order chi connectivity index (χ1) is 17.3. The van der Waals surface area contributed by atoms with E-state index in [-0.39, 0.29) is 30.2 Å². The highest BCUT2D eigenvalue weighted by Crippen LogP contribution is 2.35. The number of hydrogen-bond acceptors (Lipinski definition) is 6. The van der Waals surface area contributed by atoms with Crippen LogP contribution in [-0.4, -0.2) is 70.7 Å². The van der Waals surface area contributed by atoms with Crippen molar-refractivity contribution in [1.29, 1.82) is 0 Å². The second-order valence-electron chi connectivity index (χ2n) is 9.24. The molecule has 2 aromatic carbocycles. The maximum atomic E-state index is 13.0. The molecule has 0 aliphatic carbocycles. The Kier molecular flexibility index (Phi) is 6.13. The molecule has 36 heavy (non-hydrogen) atoms. The number of aromatic nitrogens is 2. The van der Waals surface area contributed by atoms with Gasteiger partial charge in [-0.2, -0.15) is 0 Å². The van der Waals surface area contributed by atoms with Crippen LogP contribution in [-0.2, 0) is 16.0 Å². The van der Waals surface area contributed by atoms with Crippen LogP contribution < -0.4 is 10.2 Å². The molecule has 2 aliphatic rings. The number of likely N-dealkylation sites (N-methyl/N-ethyl adjacent to an activating group) is 2. The number of carbonyl (C=O) groups excluding carboxylic acids is 3. The topological polar surface area (TPSA) is 98.7 Å². The van der Waals surface area contributed by atoms with Gasteiger partial charge < -0.3 is 20.0 Å². The summed E-state index contributed by atoms with van der Waals surface area (Å²) in [6.45, 7) is 2.71. The molecule has 2 aliphatic heterocycles. The van der Waals surface area contributed by atoms with Crippen molar-refractivity contribution in [2.75, 3.05) is 37.4 Å². The van der Waals surface area contributed by atoms with Crippen LogP contribution in [0.15, 0.2) is 54.7 Å². The molecule has 1 atom stereocenters. The molecule has 184 valence electrons. The number of rotatable bonds is 4. The van der Waals surface area contributed by atoms with Gasteiger partial charge in [0.25, 0.3) is 5.91 Å². The SMILES string of the molecule is CC(=O)N(C)C1CCN(C(=O)c2ccc(Nc3ncc4c(n3)-c3ccccc3N(C)C(=O)C4)cc2)C1. The lowest BCUT2D eigenvalue weighted by Crippen LogP contribution is -2.38. The number of nitrogens with one attached hydrogen (secondary N) is 1. The molecule has 0 bridgehead atoms.